The Morgan fingerprint density at radius 2 is 1.79 bits per heavy atom. The molecule has 14 heavy (non-hydrogen) atoms. The monoisotopic (exact) mass is 195 g/mol. The molecule has 80 valence electrons. The Bertz CT molecular complexity index is 233. The van der Waals surface area contributed by atoms with Gasteiger partial charge in [-0.3, -0.25) is 0 Å². The molecule has 1 fully saturated rings. The van der Waals surface area contributed by atoms with Crippen LogP contribution in [0.4, 0.5) is 0 Å². The van der Waals surface area contributed by atoms with Gasteiger partial charge in [0.2, 0.25) is 0 Å². The van der Waals surface area contributed by atoms with Gasteiger partial charge in [0.25, 0.3) is 0 Å². The average Bonchev–Trinajstić information content (AvgIpc) is 1.94. The van der Waals surface area contributed by atoms with E-state index in [9.17, 15) is 4.79 Å². The minimum Gasteiger partial charge on any atom is -0.307 e. The SMILES string of the molecule is CC1(C)CC(CC=C=O)CC(C)(C)N1. The van der Waals surface area contributed by atoms with Crippen molar-refractivity contribution in [2.45, 2.75) is 58.0 Å². The summed E-state index contributed by atoms with van der Waals surface area (Å²) >= 11 is 0. The van der Waals surface area contributed by atoms with E-state index in [1.807, 2.05) is 5.94 Å². The van der Waals surface area contributed by atoms with Crippen LogP contribution in [0.25, 0.3) is 0 Å². The second-order valence-corrected chi connectivity index (χ2v) is 5.72. The van der Waals surface area contributed by atoms with Crippen LogP contribution >= 0.6 is 0 Å². The van der Waals surface area contributed by atoms with E-state index in [0.717, 1.165) is 19.3 Å². The van der Waals surface area contributed by atoms with Gasteiger partial charge < -0.3 is 5.32 Å². The Morgan fingerprint density at radius 3 is 2.21 bits per heavy atom. The van der Waals surface area contributed by atoms with Crippen molar-refractivity contribution < 1.29 is 4.79 Å². The van der Waals surface area contributed by atoms with Crippen LogP contribution in [0.15, 0.2) is 6.08 Å². The maximum absolute atomic E-state index is 10.2. The number of rotatable bonds is 2. The summed E-state index contributed by atoms with van der Waals surface area (Å²) in [6.45, 7) is 8.91. The van der Waals surface area contributed by atoms with Crippen LogP contribution in [0.1, 0.15) is 47.0 Å². The van der Waals surface area contributed by atoms with Gasteiger partial charge in [0.1, 0.15) is 5.94 Å². The van der Waals surface area contributed by atoms with Crippen LogP contribution in [-0.4, -0.2) is 17.0 Å². The summed E-state index contributed by atoms with van der Waals surface area (Å²) < 4.78 is 0. The number of hydrogen-bond acceptors (Lipinski definition) is 2. The highest BCUT2D eigenvalue weighted by atomic mass is 16.1. The third kappa shape index (κ3) is 3.28. The van der Waals surface area contributed by atoms with E-state index in [0.29, 0.717) is 5.92 Å². The van der Waals surface area contributed by atoms with Gasteiger partial charge in [-0.15, -0.1) is 0 Å². The second kappa shape index (κ2) is 3.88. The molecule has 1 N–H and O–H groups in total. The molecule has 1 heterocycles. The van der Waals surface area contributed by atoms with Gasteiger partial charge in [-0.1, -0.05) is 0 Å². The summed E-state index contributed by atoms with van der Waals surface area (Å²) in [5.41, 5.74) is 0.367. The fourth-order valence-corrected chi connectivity index (χ4v) is 2.92. The lowest BCUT2D eigenvalue weighted by atomic mass is 9.75. The molecule has 1 aliphatic rings. The Morgan fingerprint density at radius 1 is 1.29 bits per heavy atom. The predicted molar refractivity (Wildman–Crippen MR) is 58.9 cm³/mol. The van der Waals surface area contributed by atoms with Crippen molar-refractivity contribution in [1.82, 2.24) is 5.32 Å². The largest absolute Gasteiger partial charge is 0.307 e. The van der Waals surface area contributed by atoms with Crippen LogP contribution in [0, 0.1) is 5.92 Å². The highest BCUT2D eigenvalue weighted by molar-refractivity contribution is 5.44. The van der Waals surface area contributed by atoms with Crippen molar-refractivity contribution in [2.24, 2.45) is 5.92 Å². The third-order valence-corrected chi connectivity index (χ3v) is 2.81. The topological polar surface area (TPSA) is 29.1 Å². The minimum atomic E-state index is 0.184. The molecule has 0 spiro atoms. The van der Waals surface area contributed by atoms with Crippen LogP contribution in [0.3, 0.4) is 0 Å². The van der Waals surface area contributed by atoms with Crippen molar-refractivity contribution in [3.8, 4) is 0 Å². The van der Waals surface area contributed by atoms with Gasteiger partial charge in [-0.25, -0.2) is 4.79 Å². The Hall–Kier alpha value is -0.590. The third-order valence-electron chi connectivity index (χ3n) is 2.81. The van der Waals surface area contributed by atoms with E-state index < -0.39 is 0 Å². The van der Waals surface area contributed by atoms with E-state index in [1.54, 1.807) is 6.08 Å². The molecule has 2 heteroatoms. The lowest BCUT2D eigenvalue weighted by Crippen LogP contribution is -2.57. The van der Waals surface area contributed by atoms with Crippen LogP contribution in [-0.2, 0) is 4.79 Å². The van der Waals surface area contributed by atoms with Crippen molar-refractivity contribution in [2.75, 3.05) is 0 Å². The Labute approximate surface area is 86.8 Å². The van der Waals surface area contributed by atoms with Gasteiger partial charge >= 0.3 is 0 Å². The second-order valence-electron chi connectivity index (χ2n) is 5.72. The average molecular weight is 195 g/mol. The summed E-state index contributed by atoms with van der Waals surface area (Å²) in [5.74, 6) is 2.49. The molecule has 0 aromatic heterocycles. The number of allylic oxidation sites excluding steroid dienone is 1. The molecule has 0 aromatic rings. The van der Waals surface area contributed by atoms with E-state index in [4.69, 9.17) is 0 Å². The smallest absolute Gasteiger partial charge is 0.120 e. The molecule has 0 radical (unpaired) electrons. The molecule has 0 amide bonds. The molecular formula is C12H21NO. The quantitative estimate of drug-likeness (QED) is 0.685. The lowest BCUT2D eigenvalue weighted by molar-refractivity contribution is 0.130. The van der Waals surface area contributed by atoms with Crippen LogP contribution in [0.2, 0.25) is 0 Å². The molecule has 0 bridgehead atoms. The molecule has 1 saturated heterocycles. The minimum absolute atomic E-state index is 0.184. The van der Waals surface area contributed by atoms with Crippen molar-refractivity contribution in [1.29, 1.82) is 0 Å². The Kier molecular flexibility index (Phi) is 3.18. The van der Waals surface area contributed by atoms with Crippen molar-refractivity contribution in [3.63, 3.8) is 0 Å². The fraction of sp³-hybridized carbons (Fsp3) is 0.833. The number of hydrogen-bond donors (Lipinski definition) is 1. The van der Waals surface area contributed by atoms with Gasteiger partial charge in [0.05, 0.1) is 0 Å². The summed E-state index contributed by atoms with van der Waals surface area (Å²) in [7, 11) is 0. The van der Waals surface area contributed by atoms with Gasteiger partial charge in [0.15, 0.2) is 0 Å². The summed E-state index contributed by atoms with van der Waals surface area (Å²) in [4.78, 5) is 10.2. The first-order chi connectivity index (χ1) is 6.35. The van der Waals surface area contributed by atoms with Gasteiger partial charge in [0, 0.05) is 17.2 Å². The first kappa shape index (κ1) is 11.5. The molecule has 0 aliphatic carbocycles. The first-order valence-electron chi connectivity index (χ1n) is 5.33. The molecule has 0 unspecified atom stereocenters. The van der Waals surface area contributed by atoms with E-state index >= 15 is 0 Å². The molecule has 1 aliphatic heterocycles. The highest BCUT2D eigenvalue weighted by Gasteiger charge is 2.36. The van der Waals surface area contributed by atoms with E-state index in [-0.39, 0.29) is 11.1 Å². The fourth-order valence-electron chi connectivity index (χ4n) is 2.92. The lowest BCUT2D eigenvalue weighted by Gasteiger charge is -2.46. The highest BCUT2D eigenvalue weighted by Crippen LogP contribution is 2.34. The van der Waals surface area contributed by atoms with E-state index in [2.05, 4.69) is 33.0 Å². The molecule has 0 saturated carbocycles. The molecular weight excluding hydrogens is 174 g/mol. The van der Waals surface area contributed by atoms with Crippen LogP contribution in [0.5, 0.6) is 0 Å². The number of nitrogens with one attached hydrogen (secondary N) is 1. The summed E-state index contributed by atoms with van der Waals surface area (Å²) in [6, 6.07) is 0. The number of carbonyl (C=O) groups excluding carboxylic acids is 1. The van der Waals surface area contributed by atoms with Crippen molar-refractivity contribution >= 4 is 5.94 Å². The summed E-state index contributed by atoms with van der Waals surface area (Å²) in [5, 5.41) is 3.63. The van der Waals surface area contributed by atoms with Crippen LogP contribution < -0.4 is 5.32 Å². The predicted octanol–water partition coefficient (Wildman–Crippen LogP) is 2.32. The summed E-state index contributed by atoms with van der Waals surface area (Å²) in [6.07, 6.45) is 4.77. The molecule has 1 rings (SSSR count). The normalized spacial score (nSPS) is 25.4. The maximum Gasteiger partial charge on any atom is 0.120 e. The Balaban J connectivity index is 2.66. The zero-order chi connectivity index (χ0) is 10.8. The number of piperidine rings is 1. The first-order valence-corrected chi connectivity index (χ1v) is 5.33. The molecule has 0 aromatic carbocycles. The molecule has 2 nitrogen and oxygen atoms in total. The molecule has 0 atom stereocenters. The zero-order valence-electron chi connectivity index (χ0n) is 9.68. The van der Waals surface area contributed by atoms with Gasteiger partial charge in [-0.05, 0) is 52.9 Å². The van der Waals surface area contributed by atoms with Crippen molar-refractivity contribution in [3.05, 3.63) is 6.08 Å². The van der Waals surface area contributed by atoms with E-state index in [1.165, 1.54) is 0 Å². The van der Waals surface area contributed by atoms with Gasteiger partial charge in [-0.2, -0.15) is 0 Å². The standard InChI is InChI=1S/C12H21NO/c1-11(2)8-10(6-5-7-14)9-12(3,4)13-11/h5,10,13H,6,8-9H2,1-4H3. The maximum atomic E-state index is 10.2. The zero-order valence-corrected chi connectivity index (χ0v) is 9.68.